The highest BCUT2D eigenvalue weighted by molar-refractivity contribution is 6.32. The first-order valence-electron chi connectivity index (χ1n) is 10.4. The van der Waals surface area contributed by atoms with Gasteiger partial charge in [0.2, 0.25) is 11.8 Å². The van der Waals surface area contributed by atoms with Crippen molar-refractivity contribution < 1.29 is 14.7 Å². The van der Waals surface area contributed by atoms with E-state index in [-0.39, 0.29) is 28.5 Å². The largest absolute Gasteiger partial charge is 0.506 e. The fourth-order valence-corrected chi connectivity index (χ4v) is 4.30. The van der Waals surface area contributed by atoms with Crippen molar-refractivity contribution in [3.8, 4) is 5.75 Å². The number of rotatable bonds is 5. The molecule has 0 saturated carbocycles. The van der Waals surface area contributed by atoms with Crippen LogP contribution in [0.3, 0.4) is 0 Å². The molecule has 2 aromatic rings. The van der Waals surface area contributed by atoms with E-state index in [1.165, 1.54) is 18.3 Å². The second-order valence-corrected chi connectivity index (χ2v) is 8.74. The molecule has 2 saturated heterocycles. The second kappa shape index (κ2) is 9.89. The summed E-state index contributed by atoms with van der Waals surface area (Å²) in [6, 6.07) is 4.56. The lowest BCUT2D eigenvalue weighted by atomic mass is 10.1. The summed E-state index contributed by atoms with van der Waals surface area (Å²) in [7, 11) is 0. The third kappa shape index (κ3) is 5.40. The van der Waals surface area contributed by atoms with Crippen LogP contribution in [0, 0.1) is 5.92 Å². The summed E-state index contributed by atoms with van der Waals surface area (Å²) in [5.41, 5.74) is 0.537. The Labute approximate surface area is 195 Å². The number of phenolic OH excluding ortho intramolecular Hbond substituents is 1. The van der Waals surface area contributed by atoms with Crippen LogP contribution in [0.1, 0.15) is 6.42 Å². The van der Waals surface area contributed by atoms with E-state index < -0.39 is 0 Å². The molecule has 2 amide bonds. The molecule has 0 bridgehead atoms. The normalized spacial score (nSPS) is 19.2. The van der Waals surface area contributed by atoms with Gasteiger partial charge < -0.3 is 20.2 Å². The minimum Gasteiger partial charge on any atom is -0.506 e. The Morgan fingerprint density at radius 3 is 2.62 bits per heavy atom. The molecule has 170 valence electrons. The first-order valence-corrected chi connectivity index (χ1v) is 11.2. The van der Waals surface area contributed by atoms with Crippen LogP contribution in [0.25, 0.3) is 0 Å². The van der Waals surface area contributed by atoms with Crippen molar-refractivity contribution in [1.29, 1.82) is 0 Å². The number of halogens is 2. The van der Waals surface area contributed by atoms with Crippen LogP contribution in [-0.4, -0.2) is 82.5 Å². The van der Waals surface area contributed by atoms with Gasteiger partial charge in [0.1, 0.15) is 16.7 Å². The summed E-state index contributed by atoms with van der Waals surface area (Å²) in [4.78, 5) is 39.6. The van der Waals surface area contributed by atoms with E-state index in [0.717, 1.165) is 0 Å². The highest BCUT2D eigenvalue weighted by atomic mass is 35.5. The summed E-state index contributed by atoms with van der Waals surface area (Å²) in [5, 5.41) is 12.9. The lowest BCUT2D eigenvalue weighted by Gasteiger charge is -2.36. The van der Waals surface area contributed by atoms with Crippen LogP contribution >= 0.6 is 23.2 Å². The lowest BCUT2D eigenvalue weighted by molar-refractivity contribution is -0.132. The van der Waals surface area contributed by atoms with E-state index in [4.69, 9.17) is 23.2 Å². The van der Waals surface area contributed by atoms with E-state index in [2.05, 4.69) is 20.2 Å². The molecule has 0 spiro atoms. The van der Waals surface area contributed by atoms with Gasteiger partial charge in [0, 0.05) is 38.4 Å². The predicted molar refractivity (Wildman–Crippen MR) is 122 cm³/mol. The van der Waals surface area contributed by atoms with E-state index >= 15 is 0 Å². The smallest absolute Gasteiger partial charge is 0.236 e. The Morgan fingerprint density at radius 2 is 1.91 bits per heavy atom. The number of nitrogens with one attached hydrogen (secondary N) is 1. The van der Waals surface area contributed by atoms with Crippen LogP contribution in [0.2, 0.25) is 10.2 Å². The quantitative estimate of drug-likeness (QED) is 0.634. The van der Waals surface area contributed by atoms with Crippen molar-refractivity contribution in [1.82, 2.24) is 19.8 Å². The fraction of sp³-hybridized carbons (Fsp3) is 0.429. The van der Waals surface area contributed by atoms with Gasteiger partial charge in [-0.25, -0.2) is 4.98 Å². The second-order valence-electron chi connectivity index (χ2n) is 7.94. The van der Waals surface area contributed by atoms with Crippen LogP contribution in [-0.2, 0) is 9.59 Å². The van der Waals surface area contributed by atoms with Crippen molar-refractivity contribution in [2.24, 2.45) is 5.92 Å². The first kappa shape index (κ1) is 22.6. The zero-order chi connectivity index (χ0) is 22.7. The highest BCUT2D eigenvalue weighted by Crippen LogP contribution is 2.27. The number of aromatic nitrogens is 2. The maximum atomic E-state index is 12.8. The number of aromatic hydroxyl groups is 1. The first-order chi connectivity index (χ1) is 15.4. The molecule has 2 aliphatic heterocycles. The summed E-state index contributed by atoms with van der Waals surface area (Å²) >= 11 is 11.8. The van der Waals surface area contributed by atoms with Gasteiger partial charge in [-0.2, -0.15) is 0 Å². The molecule has 2 aliphatic rings. The van der Waals surface area contributed by atoms with Gasteiger partial charge in [-0.15, -0.1) is 0 Å². The number of phenols is 1. The fourth-order valence-electron chi connectivity index (χ4n) is 3.98. The Morgan fingerprint density at radius 1 is 1.12 bits per heavy atom. The number of nitrogens with zero attached hydrogens (tertiary/aromatic N) is 5. The predicted octanol–water partition coefficient (Wildman–Crippen LogP) is 2.10. The maximum Gasteiger partial charge on any atom is 0.236 e. The Kier molecular flexibility index (Phi) is 6.98. The molecule has 0 unspecified atom stereocenters. The molecular formula is C21H24Cl2N6O3. The Balaban J connectivity index is 1.23. The molecule has 2 fully saturated rings. The van der Waals surface area contributed by atoms with Crippen molar-refractivity contribution >= 4 is 46.5 Å². The summed E-state index contributed by atoms with van der Waals surface area (Å²) < 4.78 is 0. The Bertz CT molecular complexity index is 999. The van der Waals surface area contributed by atoms with E-state index in [1.807, 2.05) is 9.80 Å². The molecule has 0 aliphatic carbocycles. The van der Waals surface area contributed by atoms with Gasteiger partial charge in [0.05, 0.1) is 29.9 Å². The molecule has 0 radical (unpaired) electrons. The Hall–Kier alpha value is -2.62. The molecule has 2 N–H and O–H groups in total. The topological polar surface area (TPSA) is 102 Å². The molecule has 3 heterocycles. The third-order valence-corrected chi connectivity index (χ3v) is 6.25. The standard InChI is InChI=1S/C21H24Cl2N6O3/c22-16-9-15(1-2-17(16)30)25-21(32)14-3-4-27(12-14)13-20(31)29-7-5-28(6-8-29)19-11-24-10-18(23)26-19/h1-2,9-11,14,30H,3-8,12-13H2,(H,25,32)/t14-/m1/s1. The molecule has 32 heavy (non-hydrogen) atoms. The van der Waals surface area contributed by atoms with Crippen molar-refractivity contribution in [2.45, 2.75) is 6.42 Å². The summed E-state index contributed by atoms with van der Waals surface area (Å²) in [6.07, 6.45) is 3.85. The molecule has 4 rings (SSSR count). The number of likely N-dealkylation sites (tertiary alicyclic amines) is 1. The van der Waals surface area contributed by atoms with Crippen LogP contribution < -0.4 is 10.2 Å². The number of hydrogen-bond donors (Lipinski definition) is 2. The number of piperazine rings is 1. The average molecular weight is 479 g/mol. The average Bonchev–Trinajstić information content (AvgIpc) is 3.25. The van der Waals surface area contributed by atoms with Gasteiger partial charge in [-0.1, -0.05) is 23.2 Å². The molecule has 1 aromatic carbocycles. The number of carbonyl (C=O) groups is 2. The van der Waals surface area contributed by atoms with Gasteiger partial charge in [-0.3, -0.25) is 19.5 Å². The van der Waals surface area contributed by atoms with Crippen LogP contribution in [0.4, 0.5) is 11.5 Å². The SMILES string of the molecule is O=C(Nc1ccc(O)c(Cl)c1)[C@@H]1CCN(CC(=O)N2CCN(c3cncc(Cl)n3)CC2)C1. The minimum atomic E-state index is -0.200. The van der Waals surface area contributed by atoms with Crippen molar-refractivity contribution in [3.63, 3.8) is 0 Å². The number of amides is 2. The third-order valence-electron chi connectivity index (χ3n) is 5.77. The molecule has 1 aromatic heterocycles. The van der Waals surface area contributed by atoms with Gasteiger partial charge in [-0.05, 0) is 31.2 Å². The molecule has 9 nitrogen and oxygen atoms in total. The molecule has 1 atom stereocenters. The number of benzene rings is 1. The maximum absolute atomic E-state index is 12.8. The number of hydrogen-bond acceptors (Lipinski definition) is 7. The monoisotopic (exact) mass is 478 g/mol. The highest BCUT2D eigenvalue weighted by Gasteiger charge is 2.31. The summed E-state index contributed by atoms with van der Waals surface area (Å²) in [5.74, 6) is 0.434. The van der Waals surface area contributed by atoms with Gasteiger partial charge in [0.15, 0.2) is 0 Å². The van der Waals surface area contributed by atoms with E-state index in [1.54, 1.807) is 12.3 Å². The molecule has 11 heteroatoms. The van der Waals surface area contributed by atoms with Crippen LogP contribution in [0.5, 0.6) is 5.75 Å². The number of carbonyl (C=O) groups excluding carboxylic acids is 2. The zero-order valence-corrected chi connectivity index (χ0v) is 18.9. The van der Waals surface area contributed by atoms with Crippen LogP contribution in [0.15, 0.2) is 30.6 Å². The lowest BCUT2D eigenvalue weighted by Crippen LogP contribution is -2.51. The number of anilines is 2. The summed E-state index contributed by atoms with van der Waals surface area (Å²) in [6.45, 7) is 4.06. The van der Waals surface area contributed by atoms with Gasteiger partial charge in [0.25, 0.3) is 0 Å². The van der Waals surface area contributed by atoms with E-state index in [0.29, 0.717) is 68.9 Å². The van der Waals surface area contributed by atoms with E-state index in [9.17, 15) is 14.7 Å². The zero-order valence-electron chi connectivity index (χ0n) is 17.4. The van der Waals surface area contributed by atoms with Gasteiger partial charge >= 0.3 is 0 Å². The molecular weight excluding hydrogens is 455 g/mol. The van der Waals surface area contributed by atoms with Crippen molar-refractivity contribution in [2.75, 3.05) is 56.0 Å². The minimum absolute atomic E-state index is 0.0310. The van der Waals surface area contributed by atoms with Crippen molar-refractivity contribution in [3.05, 3.63) is 40.8 Å².